The topological polar surface area (TPSA) is 66.5 Å². The van der Waals surface area contributed by atoms with E-state index in [1.54, 1.807) is 11.8 Å². The SMILES string of the molecule is CC(C)C1NC(C(C)C)N(C(C)CS(C)(=O)=O)C1=O. The molecule has 3 atom stereocenters. The van der Waals surface area contributed by atoms with Gasteiger partial charge in [0.1, 0.15) is 9.84 Å². The van der Waals surface area contributed by atoms with Crippen molar-refractivity contribution < 1.29 is 13.2 Å². The average molecular weight is 290 g/mol. The third-order valence-electron chi connectivity index (χ3n) is 3.49. The van der Waals surface area contributed by atoms with Crippen LogP contribution >= 0.6 is 0 Å². The molecule has 1 N–H and O–H groups in total. The second-order valence-electron chi connectivity index (χ2n) is 6.26. The standard InChI is InChI=1S/C13H26N2O3S/c1-8(2)11-13(16)15(12(14-11)9(3)4)10(5)7-19(6,17)18/h8-12,14H,7H2,1-6H3. The molecule has 1 rings (SSSR count). The maximum absolute atomic E-state index is 12.5. The summed E-state index contributed by atoms with van der Waals surface area (Å²) < 4.78 is 22.9. The normalized spacial score (nSPS) is 26.5. The van der Waals surface area contributed by atoms with Crippen molar-refractivity contribution in [2.24, 2.45) is 11.8 Å². The van der Waals surface area contributed by atoms with Crippen LogP contribution in [0, 0.1) is 11.8 Å². The van der Waals surface area contributed by atoms with Gasteiger partial charge < -0.3 is 4.90 Å². The summed E-state index contributed by atoms with van der Waals surface area (Å²) in [4.78, 5) is 14.2. The fourth-order valence-corrected chi connectivity index (χ4v) is 3.67. The predicted molar refractivity (Wildman–Crippen MR) is 76.4 cm³/mol. The molecule has 0 aromatic carbocycles. The van der Waals surface area contributed by atoms with E-state index in [9.17, 15) is 13.2 Å². The Morgan fingerprint density at radius 2 is 1.68 bits per heavy atom. The van der Waals surface area contributed by atoms with Crippen LogP contribution < -0.4 is 5.32 Å². The highest BCUT2D eigenvalue weighted by Crippen LogP contribution is 2.24. The van der Waals surface area contributed by atoms with E-state index in [-0.39, 0.29) is 41.7 Å². The van der Waals surface area contributed by atoms with Crippen LogP contribution in [0.4, 0.5) is 0 Å². The van der Waals surface area contributed by atoms with Gasteiger partial charge in [0, 0.05) is 12.3 Å². The van der Waals surface area contributed by atoms with Gasteiger partial charge in [0.25, 0.3) is 0 Å². The minimum absolute atomic E-state index is 0.00839. The van der Waals surface area contributed by atoms with Crippen molar-refractivity contribution in [3.8, 4) is 0 Å². The van der Waals surface area contributed by atoms with Crippen LogP contribution in [0.1, 0.15) is 34.6 Å². The van der Waals surface area contributed by atoms with Crippen molar-refractivity contribution in [3.63, 3.8) is 0 Å². The fourth-order valence-electron chi connectivity index (χ4n) is 2.63. The van der Waals surface area contributed by atoms with Crippen LogP contribution in [-0.2, 0) is 14.6 Å². The lowest BCUT2D eigenvalue weighted by Gasteiger charge is -2.32. The second-order valence-corrected chi connectivity index (χ2v) is 8.45. The molecule has 0 spiro atoms. The van der Waals surface area contributed by atoms with E-state index in [2.05, 4.69) is 5.32 Å². The number of sulfone groups is 1. The van der Waals surface area contributed by atoms with Crippen molar-refractivity contribution in [3.05, 3.63) is 0 Å². The molecule has 0 aliphatic carbocycles. The van der Waals surface area contributed by atoms with Crippen LogP contribution in [0.5, 0.6) is 0 Å². The molecule has 1 aliphatic rings. The van der Waals surface area contributed by atoms with Crippen molar-refractivity contribution in [2.45, 2.75) is 52.9 Å². The molecule has 1 aliphatic heterocycles. The Morgan fingerprint density at radius 1 is 1.16 bits per heavy atom. The number of rotatable bonds is 5. The molecule has 5 nitrogen and oxygen atoms in total. The van der Waals surface area contributed by atoms with Crippen molar-refractivity contribution in [1.29, 1.82) is 0 Å². The first-order valence-corrected chi connectivity index (χ1v) is 8.86. The van der Waals surface area contributed by atoms with E-state index < -0.39 is 9.84 Å². The summed E-state index contributed by atoms with van der Waals surface area (Å²) in [5.74, 6) is 0.470. The number of amides is 1. The average Bonchev–Trinajstić information content (AvgIpc) is 2.53. The minimum atomic E-state index is -3.09. The molecule has 0 saturated carbocycles. The van der Waals surface area contributed by atoms with Gasteiger partial charge >= 0.3 is 0 Å². The zero-order chi connectivity index (χ0) is 15.0. The summed E-state index contributed by atoms with van der Waals surface area (Å²) in [6.45, 7) is 9.87. The van der Waals surface area contributed by atoms with Crippen LogP contribution in [-0.4, -0.2) is 49.5 Å². The number of carbonyl (C=O) groups excluding carboxylic acids is 1. The lowest BCUT2D eigenvalue weighted by atomic mass is 10.0. The number of nitrogens with one attached hydrogen (secondary N) is 1. The number of hydrogen-bond donors (Lipinski definition) is 1. The van der Waals surface area contributed by atoms with E-state index in [0.29, 0.717) is 0 Å². The molecule has 0 aromatic heterocycles. The Morgan fingerprint density at radius 3 is 2.05 bits per heavy atom. The van der Waals surface area contributed by atoms with Gasteiger partial charge in [0.05, 0.1) is 18.0 Å². The lowest BCUT2D eigenvalue weighted by Crippen LogP contribution is -2.48. The van der Waals surface area contributed by atoms with E-state index >= 15 is 0 Å². The maximum atomic E-state index is 12.5. The number of carbonyl (C=O) groups is 1. The summed E-state index contributed by atoms with van der Waals surface area (Å²) in [5.41, 5.74) is 0. The highest BCUT2D eigenvalue weighted by molar-refractivity contribution is 7.90. The molecular formula is C13H26N2O3S. The second kappa shape index (κ2) is 5.79. The molecule has 0 aromatic rings. The molecule has 1 amide bonds. The van der Waals surface area contributed by atoms with Gasteiger partial charge in [0.15, 0.2) is 0 Å². The fraction of sp³-hybridized carbons (Fsp3) is 0.923. The third-order valence-corrected chi connectivity index (χ3v) is 4.58. The molecular weight excluding hydrogens is 264 g/mol. The molecule has 1 heterocycles. The molecule has 0 radical (unpaired) electrons. The molecule has 19 heavy (non-hydrogen) atoms. The molecule has 3 unspecified atom stereocenters. The smallest absolute Gasteiger partial charge is 0.241 e. The van der Waals surface area contributed by atoms with Gasteiger partial charge in [-0.25, -0.2) is 8.42 Å². The first kappa shape index (κ1) is 16.4. The van der Waals surface area contributed by atoms with Gasteiger partial charge in [-0.1, -0.05) is 27.7 Å². The number of hydrogen-bond acceptors (Lipinski definition) is 4. The molecule has 1 fully saturated rings. The minimum Gasteiger partial charge on any atom is -0.322 e. The predicted octanol–water partition coefficient (Wildman–Crippen LogP) is 0.858. The van der Waals surface area contributed by atoms with E-state index in [4.69, 9.17) is 0 Å². The largest absolute Gasteiger partial charge is 0.322 e. The van der Waals surface area contributed by atoms with Crippen LogP contribution in [0.25, 0.3) is 0 Å². The molecule has 1 saturated heterocycles. The molecule has 6 heteroatoms. The van der Waals surface area contributed by atoms with Gasteiger partial charge in [-0.15, -0.1) is 0 Å². The first-order valence-electron chi connectivity index (χ1n) is 6.80. The van der Waals surface area contributed by atoms with Gasteiger partial charge in [-0.3, -0.25) is 10.1 Å². The summed E-state index contributed by atoms with van der Waals surface area (Å²) in [7, 11) is -3.09. The Kier molecular flexibility index (Phi) is 5.01. The number of nitrogens with zero attached hydrogens (tertiary/aromatic N) is 1. The quantitative estimate of drug-likeness (QED) is 0.815. The molecule has 0 bridgehead atoms. The maximum Gasteiger partial charge on any atom is 0.241 e. The Labute approximate surface area is 116 Å². The van der Waals surface area contributed by atoms with Gasteiger partial charge in [-0.2, -0.15) is 0 Å². The van der Waals surface area contributed by atoms with Crippen LogP contribution in [0.15, 0.2) is 0 Å². The van der Waals surface area contributed by atoms with Gasteiger partial charge in [-0.05, 0) is 18.8 Å². The third kappa shape index (κ3) is 3.92. The van der Waals surface area contributed by atoms with E-state index in [1.807, 2.05) is 27.7 Å². The highest BCUT2D eigenvalue weighted by Gasteiger charge is 2.44. The van der Waals surface area contributed by atoms with Crippen LogP contribution in [0.2, 0.25) is 0 Å². The summed E-state index contributed by atoms with van der Waals surface area (Å²) in [6, 6.07) is -0.513. The Bertz CT molecular complexity index is 431. The van der Waals surface area contributed by atoms with E-state index in [1.165, 1.54) is 6.26 Å². The zero-order valence-electron chi connectivity index (χ0n) is 12.7. The molecule has 112 valence electrons. The highest BCUT2D eigenvalue weighted by atomic mass is 32.2. The lowest BCUT2D eigenvalue weighted by molar-refractivity contribution is -0.132. The monoisotopic (exact) mass is 290 g/mol. The summed E-state index contributed by atoms with van der Waals surface area (Å²) in [6.07, 6.45) is 1.12. The van der Waals surface area contributed by atoms with Crippen molar-refractivity contribution in [1.82, 2.24) is 10.2 Å². The zero-order valence-corrected chi connectivity index (χ0v) is 13.5. The Hall–Kier alpha value is -0.620. The Balaban J connectivity index is 2.97. The van der Waals surface area contributed by atoms with E-state index in [0.717, 1.165) is 0 Å². The first-order chi connectivity index (χ1) is 8.54. The van der Waals surface area contributed by atoms with Gasteiger partial charge in [0.2, 0.25) is 5.91 Å². The summed E-state index contributed by atoms with van der Waals surface area (Å²) in [5, 5.41) is 3.34. The summed E-state index contributed by atoms with van der Waals surface area (Å²) >= 11 is 0. The van der Waals surface area contributed by atoms with Crippen molar-refractivity contribution in [2.75, 3.05) is 12.0 Å². The van der Waals surface area contributed by atoms with Crippen molar-refractivity contribution >= 4 is 15.7 Å². The van der Waals surface area contributed by atoms with Crippen LogP contribution in [0.3, 0.4) is 0 Å².